The van der Waals surface area contributed by atoms with Gasteiger partial charge in [0.25, 0.3) is 5.91 Å². The van der Waals surface area contributed by atoms with Crippen molar-refractivity contribution in [2.45, 2.75) is 0 Å². The number of hydrogen-bond acceptors (Lipinski definition) is 5. The van der Waals surface area contributed by atoms with E-state index >= 15 is 0 Å². The molecule has 0 spiro atoms. The van der Waals surface area contributed by atoms with E-state index in [-0.39, 0.29) is 25.2 Å². The Labute approximate surface area is 126 Å². The fraction of sp³-hybridized carbons (Fsp3) is 0.214. The van der Waals surface area contributed by atoms with E-state index in [2.05, 4.69) is 15.7 Å². The first-order valence-electron chi connectivity index (χ1n) is 6.59. The monoisotopic (exact) mass is 302 g/mol. The Kier molecular flexibility index (Phi) is 3.65. The fourth-order valence-corrected chi connectivity index (χ4v) is 1.97. The van der Waals surface area contributed by atoms with E-state index in [4.69, 9.17) is 9.47 Å². The Hall–Kier alpha value is -3.03. The first-order valence-corrected chi connectivity index (χ1v) is 6.59. The molecule has 0 bridgehead atoms. The summed E-state index contributed by atoms with van der Waals surface area (Å²) < 4.78 is 11.9. The first kappa shape index (κ1) is 13.9. The molecule has 1 aliphatic rings. The third kappa shape index (κ3) is 3.00. The number of carbonyl (C=O) groups excluding carboxylic acids is 2. The Bertz CT molecular complexity index is 725. The van der Waals surface area contributed by atoms with E-state index in [1.54, 1.807) is 42.2 Å². The summed E-state index contributed by atoms with van der Waals surface area (Å²) in [5.74, 6) is 0.835. The number of nitrogens with one attached hydrogen (secondary N) is 2. The normalized spacial score (nSPS) is 12.0. The number of carbonyl (C=O) groups is 2. The van der Waals surface area contributed by atoms with Gasteiger partial charge in [-0.25, -0.2) is 0 Å². The molecule has 0 unspecified atom stereocenters. The highest BCUT2D eigenvalue weighted by atomic mass is 16.7. The van der Waals surface area contributed by atoms with Crippen LogP contribution in [0.15, 0.2) is 30.5 Å². The molecule has 22 heavy (non-hydrogen) atoms. The van der Waals surface area contributed by atoms with Crippen LogP contribution in [0.4, 0.5) is 5.82 Å². The molecule has 0 aliphatic carbocycles. The number of fused-ring (bicyclic) bond motifs is 1. The predicted molar refractivity (Wildman–Crippen MR) is 76.7 cm³/mol. The van der Waals surface area contributed by atoms with Gasteiger partial charge in [0.1, 0.15) is 0 Å². The molecule has 0 saturated heterocycles. The van der Waals surface area contributed by atoms with Crippen molar-refractivity contribution < 1.29 is 19.1 Å². The first-order chi connectivity index (χ1) is 10.6. The number of benzene rings is 1. The minimum absolute atomic E-state index is 0.146. The van der Waals surface area contributed by atoms with Gasteiger partial charge in [-0.15, -0.1) is 0 Å². The van der Waals surface area contributed by atoms with E-state index in [1.165, 1.54) is 0 Å². The second-order valence-electron chi connectivity index (χ2n) is 4.67. The third-order valence-corrected chi connectivity index (χ3v) is 3.03. The summed E-state index contributed by atoms with van der Waals surface area (Å²) in [6.07, 6.45) is 1.71. The second-order valence-corrected chi connectivity index (χ2v) is 4.67. The van der Waals surface area contributed by atoms with Crippen molar-refractivity contribution in [3.63, 3.8) is 0 Å². The standard InChI is InChI=1S/C14H14N4O4/c1-18-5-4-12(17-18)16-13(19)7-15-14(20)9-2-3-10-11(6-9)22-8-21-10/h2-6H,7-8H2,1H3,(H,15,20)(H,16,17,19). The minimum Gasteiger partial charge on any atom is -0.454 e. The molecule has 0 fully saturated rings. The Morgan fingerprint density at radius 3 is 2.86 bits per heavy atom. The van der Waals surface area contributed by atoms with E-state index < -0.39 is 0 Å². The lowest BCUT2D eigenvalue weighted by Crippen LogP contribution is -2.32. The molecule has 1 aromatic carbocycles. The lowest BCUT2D eigenvalue weighted by Gasteiger charge is -2.06. The molecule has 2 amide bonds. The van der Waals surface area contributed by atoms with Crippen LogP contribution in [0.3, 0.4) is 0 Å². The SMILES string of the molecule is Cn1ccc(NC(=O)CNC(=O)c2ccc3c(c2)OCO3)n1. The molecule has 2 aromatic rings. The highest BCUT2D eigenvalue weighted by Gasteiger charge is 2.16. The van der Waals surface area contributed by atoms with Gasteiger partial charge >= 0.3 is 0 Å². The van der Waals surface area contributed by atoms with Gasteiger partial charge in [-0.3, -0.25) is 14.3 Å². The molecular weight excluding hydrogens is 288 g/mol. The van der Waals surface area contributed by atoms with Gasteiger partial charge < -0.3 is 20.1 Å². The number of amides is 2. The molecule has 0 radical (unpaired) electrons. The van der Waals surface area contributed by atoms with Crippen molar-refractivity contribution in [2.24, 2.45) is 7.05 Å². The highest BCUT2D eigenvalue weighted by Crippen LogP contribution is 2.32. The third-order valence-electron chi connectivity index (χ3n) is 3.03. The summed E-state index contributed by atoms with van der Waals surface area (Å²) in [5.41, 5.74) is 0.398. The van der Waals surface area contributed by atoms with Crippen LogP contribution < -0.4 is 20.1 Å². The average molecular weight is 302 g/mol. The van der Waals surface area contributed by atoms with Crippen LogP contribution >= 0.6 is 0 Å². The van der Waals surface area contributed by atoms with Gasteiger partial charge in [0.05, 0.1) is 6.54 Å². The van der Waals surface area contributed by atoms with Crippen molar-refractivity contribution >= 4 is 17.6 Å². The van der Waals surface area contributed by atoms with Crippen molar-refractivity contribution in [3.8, 4) is 11.5 Å². The van der Waals surface area contributed by atoms with Crippen LogP contribution in [0.5, 0.6) is 11.5 Å². The summed E-state index contributed by atoms with van der Waals surface area (Å²) in [4.78, 5) is 23.7. The number of aromatic nitrogens is 2. The number of nitrogens with zero attached hydrogens (tertiary/aromatic N) is 2. The van der Waals surface area contributed by atoms with Crippen LogP contribution in [0.2, 0.25) is 0 Å². The number of anilines is 1. The predicted octanol–water partition coefficient (Wildman–Crippen LogP) is 0.517. The zero-order valence-corrected chi connectivity index (χ0v) is 11.8. The van der Waals surface area contributed by atoms with Gasteiger partial charge in [-0.2, -0.15) is 5.10 Å². The van der Waals surface area contributed by atoms with Crippen molar-refractivity contribution in [1.82, 2.24) is 15.1 Å². The van der Waals surface area contributed by atoms with Crippen LogP contribution in [0.1, 0.15) is 10.4 Å². The van der Waals surface area contributed by atoms with Gasteiger partial charge in [-0.1, -0.05) is 0 Å². The second kappa shape index (κ2) is 5.76. The Morgan fingerprint density at radius 2 is 2.09 bits per heavy atom. The Balaban J connectivity index is 1.54. The fourth-order valence-electron chi connectivity index (χ4n) is 1.97. The number of hydrogen-bond donors (Lipinski definition) is 2. The highest BCUT2D eigenvalue weighted by molar-refractivity contribution is 5.99. The number of aryl methyl sites for hydroxylation is 1. The molecule has 8 heteroatoms. The van der Waals surface area contributed by atoms with Crippen molar-refractivity contribution in [3.05, 3.63) is 36.0 Å². The molecule has 1 aliphatic heterocycles. The van der Waals surface area contributed by atoms with Gasteiger partial charge in [0.15, 0.2) is 17.3 Å². The minimum atomic E-state index is -0.366. The van der Waals surface area contributed by atoms with Crippen LogP contribution in [-0.2, 0) is 11.8 Å². The molecule has 2 N–H and O–H groups in total. The summed E-state index contributed by atoms with van der Waals surface area (Å²) >= 11 is 0. The lowest BCUT2D eigenvalue weighted by molar-refractivity contribution is -0.115. The van der Waals surface area contributed by atoms with E-state index in [1.807, 2.05) is 0 Å². The molecule has 8 nitrogen and oxygen atoms in total. The number of ether oxygens (including phenoxy) is 2. The van der Waals surface area contributed by atoms with E-state index in [9.17, 15) is 9.59 Å². The molecule has 0 saturated carbocycles. The quantitative estimate of drug-likeness (QED) is 0.858. The van der Waals surface area contributed by atoms with Gasteiger partial charge in [-0.05, 0) is 18.2 Å². The summed E-state index contributed by atoms with van der Waals surface area (Å²) in [6, 6.07) is 6.51. The maximum absolute atomic E-state index is 12.0. The van der Waals surface area contributed by atoms with Gasteiger partial charge in [0.2, 0.25) is 12.7 Å². The zero-order chi connectivity index (χ0) is 15.5. The molecule has 3 rings (SSSR count). The topological polar surface area (TPSA) is 94.5 Å². The molecule has 0 atom stereocenters. The zero-order valence-electron chi connectivity index (χ0n) is 11.8. The van der Waals surface area contributed by atoms with Gasteiger partial charge in [0, 0.05) is 24.9 Å². The van der Waals surface area contributed by atoms with Crippen LogP contribution in [0, 0.1) is 0 Å². The van der Waals surface area contributed by atoms with Crippen molar-refractivity contribution in [1.29, 1.82) is 0 Å². The van der Waals surface area contributed by atoms with Crippen LogP contribution in [-0.4, -0.2) is 34.9 Å². The summed E-state index contributed by atoms with van der Waals surface area (Å²) in [5, 5.41) is 9.13. The lowest BCUT2D eigenvalue weighted by atomic mass is 10.2. The molecule has 114 valence electrons. The maximum Gasteiger partial charge on any atom is 0.251 e. The molecule has 2 heterocycles. The average Bonchev–Trinajstić information content (AvgIpc) is 3.12. The summed E-state index contributed by atoms with van der Waals surface area (Å²) in [6.45, 7) is -0.00324. The number of rotatable bonds is 4. The Morgan fingerprint density at radius 1 is 1.27 bits per heavy atom. The van der Waals surface area contributed by atoms with E-state index in [0.717, 1.165) is 0 Å². The van der Waals surface area contributed by atoms with Crippen LogP contribution in [0.25, 0.3) is 0 Å². The largest absolute Gasteiger partial charge is 0.454 e. The molecule has 1 aromatic heterocycles. The van der Waals surface area contributed by atoms with E-state index in [0.29, 0.717) is 22.9 Å². The summed E-state index contributed by atoms with van der Waals surface area (Å²) in [7, 11) is 1.75. The van der Waals surface area contributed by atoms with Crippen molar-refractivity contribution in [2.75, 3.05) is 18.7 Å². The molecular formula is C14H14N4O4. The maximum atomic E-state index is 12.0. The smallest absolute Gasteiger partial charge is 0.251 e.